The monoisotopic (exact) mass is 452 g/mol. The predicted octanol–water partition coefficient (Wildman–Crippen LogP) is 3.12. The van der Waals surface area contributed by atoms with Crippen molar-refractivity contribution in [3.63, 3.8) is 0 Å². The lowest BCUT2D eigenvalue weighted by atomic mass is 10.2. The molecule has 10 nitrogen and oxygen atoms in total. The highest BCUT2D eigenvalue weighted by atomic mass is 32.2. The molecule has 0 saturated carbocycles. The van der Waals surface area contributed by atoms with Gasteiger partial charge in [-0.05, 0) is 24.3 Å². The maximum atomic E-state index is 12.5. The summed E-state index contributed by atoms with van der Waals surface area (Å²) in [6.07, 6.45) is 6.39. The predicted molar refractivity (Wildman–Crippen MR) is 118 cm³/mol. The molecule has 0 aliphatic carbocycles. The minimum atomic E-state index is -0.198. The molecule has 3 aromatic heterocycles. The van der Waals surface area contributed by atoms with E-state index in [4.69, 9.17) is 13.9 Å². The van der Waals surface area contributed by atoms with Crippen LogP contribution in [0.25, 0.3) is 11.5 Å². The van der Waals surface area contributed by atoms with Gasteiger partial charge in [-0.15, -0.1) is 10.2 Å². The second kappa shape index (κ2) is 9.96. The Bertz CT molecular complexity index is 1180. The number of carbonyl (C=O) groups excluding carboxylic acids is 1. The van der Waals surface area contributed by atoms with Crippen LogP contribution in [-0.2, 0) is 11.3 Å². The van der Waals surface area contributed by atoms with Crippen molar-refractivity contribution in [2.75, 3.05) is 25.3 Å². The lowest BCUT2D eigenvalue weighted by Gasteiger charge is -2.11. The van der Waals surface area contributed by atoms with E-state index in [-0.39, 0.29) is 11.7 Å². The van der Waals surface area contributed by atoms with E-state index in [1.807, 2.05) is 16.7 Å². The second-order valence-electron chi connectivity index (χ2n) is 6.47. The number of rotatable bonds is 9. The van der Waals surface area contributed by atoms with Crippen molar-refractivity contribution in [3.05, 3.63) is 60.9 Å². The van der Waals surface area contributed by atoms with Gasteiger partial charge in [0.1, 0.15) is 11.5 Å². The average Bonchev–Trinajstić information content (AvgIpc) is 3.48. The van der Waals surface area contributed by atoms with Crippen LogP contribution in [0.5, 0.6) is 11.5 Å². The molecule has 4 rings (SSSR count). The van der Waals surface area contributed by atoms with Crippen LogP contribution in [0.2, 0.25) is 0 Å². The third-order valence-corrected chi connectivity index (χ3v) is 5.37. The van der Waals surface area contributed by atoms with Crippen LogP contribution in [0.4, 0.5) is 5.69 Å². The van der Waals surface area contributed by atoms with Gasteiger partial charge in [0.15, 0.2) is 22.5 Å². The molecule has 0 fully saturated rings. The highest BCUT2D eigenvalue weighted by Gasteiger charge is 2.18. The van der Waals surface area contributed by atoms with E-state index in [0.29, 0.717) is 40.4 Å². The normalized spacial score (nSPS) is 10.7. The van der Waals surface area contributed by atoms with Gasteiger partial charge in [0.05, 0.1) is 39.0 Å². The Balaban J connectivity index is 1.49. The van der Waals surface area contributed by atoms with Crippen LogP contribution in [0.1, 0.15) is 5.76 Å². The average molecular weight is 452 g/mol. The number of amides is 1. The molecule has 0 bridgehead atoms. The van der Waals surface area contributed by atoms with E-state index in [0.717, 1.165) is 5.76 Å². The number of methoxy groups -OCH3 is 2. The van der Waals surface area contributed by atoms with Gasteiger partial charge in [-0.3, -0.25) is 14.3 Å². The summed E-state index contributed by atoms with van der Waals surface area (Å²) in [5, 5.41) is 11.9. The van der Waals surface area contributed by atoms with Gasteiger partial charge in [0, 0.05) is 24.1 Å². The van der Waals surface area contributed by atoms with Gasteiger partial charge in [-0.1, -0.05) is 11.8 Å². The lowest BCUT2D eigenvalue weighted by molar-refractivity contribution is -0.113. The van der Waals surface area contributed by atoms with Crippen LogP contribution >= 0.6 is 11.8 Å². The minimum absolute atomic E-state index is 0.130. The Labute approximate surface area is 188 Å². The van der Waals surface area contributed by atoms with Crippen LogP contribution in [0.15, 0.2) is 64.8 Å². The molecule has 3 heterocycles. The summed E-state index contributed by atoms with van der Waals surface area (Å²) in [7, 11) is 3.10. The fraction of sp³-hybridized carbons (Fsp3) is 0.190. The molecule has 11 heteroatoms. The molecule has 164 valence electrons. The topological polar surface area (TPSA) is 117 Å². The maximum absolute atomic E-state index is 12.5. The minimum Gasteiger partial charge on any atom is -0.493 e. The molecule has 0 radical (unpaired) electrons. The van der Waals surface area contributed by atoms with Crippen molar-refractivity contribution >= 4 is 23.4 Å². The van der Waals surface area contributed by atoms with Gasteiger partial charge in [0.25, 0.3) is 0 Å². The molecule has 0 spiro atoms. The number of hydrogen-bond donors (Lipinski definition) is 1. The quantitative estimate of drug-likeness (QED) is 0.382. The number of hydrogen-bond acceptors (Lipinski definition) is 9. The van der Waals surface area contributed by atoms with E-state index >= 15 is 0 Å². The van der Waals surface area contributed by atoms with Crippen molar-refractivity contribution in [3.8, 4) is 23.0 Å². The van der Waals surface area contributed by atoms with E-state index in [2.05, 4.69) is 25.5 Å². The zero-order chi connectivity index (χ0) is 22.3. The van der Waals surface area contributed by atoms with Crippen molar-refractivity contribution in [1.29, 1.82) is 0 Å². The Morgan fingerprint density at radius 3 is 2.75 bits per heavy atom. The number of benzene rings is 1. The molecule has 0 saturated heterocycles. The van der Waals surface area contributed by atoms with Crippen molar-refractivity contribution < 1.29 is 18.7 Å². The molecule has 1 amide bonds. The molecule has 4 aromatic rings. The zero-order valence-corrected chi connectivity index (χ0v) is 18.2. The number of carbonyl (C=O) groups is 1. The first kappa shape index (κ1) is 21.4. The highest BCUT2D eigenvalue weighted by Crippen LogP contribution is 2.30. The Morgan fingerprint density at radius 2 is 2.03 bits per heavy atom. The highest BCUT2D eigenvalue weighted by molar-refractivity contribution is 7.99. The number of thioether (sulfide) groups is 1. The van der Waals surface area contributed by atoms with Gasteiger partial charge in [-0.25, -0.2) is 4.98 Å². The number of anilines is 1. The summed E-state index contributed by atoms with van der Waals surface area (Å²) in [6, 6.07) is 8.85. The van der Waals surface area contributed by atoms with Crippen molar-refractivity contribution in [1.82, 2.24) is 24.7 Å². The number of ether oxygens (including phenoxy) is 2. The summed E-state index contributed by atoms with van der Waals surface area (Å²) < 4.78 is 17.8. The fourth-order valence-corrected chi connectivity index (χ4v) is 3.68. The molecule has 0 aliphatic heterocycles. The number of furan rings is 1. The lowest BCUT2D eigenvalue weighted by Crippen LogP contribution is -2.15. The third-order valence-electron chi connectivity index (χ3n) is 4.40. The number of nitrogens with one attached hydrogen (secondary N) is 1. The first-order chi connectivity index (χ1) is 15.7. The third kappa shape index (κ3) is 4.89. The first-order valence-corrected chi connectivity index (χ1v) is 10.5. The van der Waals surface area contributed by atoms with E-state index in [1.54, 1.807) is 57.3 Å². The number of nitrogens with zero attached hydrogens (tertiary/aromatic N) is 5. The SMILES string of the molecule is COc1ccc(NC(=O)CSc2nnc(-c3cnccn3)n2Cc2ccco2)cc1OC. The van der Waals surface area contributed by atoms with E-state index in [1.165, 1.54) is 11.8 Å². The molecule has 0 atom stereocenters. The summed E-state index contributed by atoms with van der Waals surface area (Å²) in [5.41, 5.74) is 1.18. The van der Waals surface area contributed by atoms with Crippen LogP contribution in [0, 0.1) is 0 Å². The maximum Gasteiger partial charge on any atom is 0.234 e. The molecule has 32 heavy (non-hydrogen) atoms. The summed E-state index contributed by atoms with van der Waals surface area (Å²) in [6.45, 7) is 0.394. The molecule has 0 unspecified atom stereocenters. The molecular formula is C21H20N6O4S. The molecular weight excluding hydrogens is 432 g/mol. The number of aromatic nitrogens is 5. The molecule has 0 aliphatic rings. The largest absolute Gasteiger partial charge is 0.493 e. The summed E-state index contributed by atoms with van der Waals surface area (Å²) >= 11 is 1.26. The van der Waals surface area contributed by atoms with Crippen LogP contribution in [0.3, 0.4) is 0 Å². The molecule has 1 aromatic carbocycles. The zero-order valence-electron chi connectivity index (χ0n) is 17.4. The Hall–Kier alpha value is -3.86. The van der Waals surface area contributed by atoms with Crippen molar-refractivity contribution in [2.24, 2.45) is 0 Å². The molecule has 1 N–H and O–H groups in total. The van der Waals surface area contributed by atoms with E-state index in [9.17, 15) is 4.79 Å². The smallest absolute Gasteiger partial charge is 0.234 e. The standard InChI is InChI=1S/C21H20N6O4S/c1-29-17-6-5-14(10-18(17)30-2)24-19(28)13-32-21-26-25-20(16-11-22-7-8-23-16)27(21)12-15-4-3-9-31-15/h3-11H,12-13H2,1-2H3,(H,24,28). The van der Waals surface area contributed by atoms with Crippen LogP contribution in [-0.4, -0.2) is 50.6 Å². The van der Waals surface area contributed by atoms with Gasteiger partial charge >= 0.3 is 0 Å². The Kier molecular flexibility index (Phi) is 6.66. The van der Waals surface area contributed by atoms with Gasteiger partial charge in [-0.2, -0.15) is 0 Å². The Morgan fingerprint density at radius 1 is 1.16 bits per heavy atom. The van der Waals surface area contributed by atoms with E-state index < -0.39 is 0 Å². The van der Waals surface area contributed by atoms with Gasteiger partial charge in [0.2, 0.25) is 5.91 Å². The summed E-state index contributed by atoms with van der Waals surface area (Å²) in [5.74, 6) is 2.32. The fourth-order valence-electron chi connectivity index (χ4n) is 2.94. The van der Waals surface area contributed by atoms with Gasteiger partial charge < -0.3 is 19.2 Å². The summed E-state index contributed by atoms with van der Waals surface area (Å²) in [4.78, 5) is 20.9. The first-order valence-electron chi connectivity index (χ1n) is 9.54. The second-order valence-corrected chi connectivity index (χ2v) is 7.41. The van der Waals surface area contributed by atoms with Crippen molar-refractivity contribution in [2.45, 2.75) is 11.7 Å². The van der Waals surface area contributed by atoms with Crippen LogP contribution < -0.4 is 14.8 Å².